The van der Waals surface area contributed by atoms with E-state index in [0.717, 1.165) is 22.2 Å². The van der Waals surface area contributed by atoms with Crippen LogP contribution in [0.5, 0.6) is 0 Å². The number of thioether (sulfide) groups is 1. The number of aromatic nitrogens is 2. The molecule has 164 valence electrons. The molecule has 32 heavy (non-hydrogen) atoms. The number of nitrogens with two attached hydrogens (primary N) is 1. The molecule has 1 aliphatic rings. The van der Waals surface area contributed by atoms with Gasteiger partial charge >= 0.3 is 0 Å². The van der Waals surface area contributed by atoms with Crippen molar-refractivity contribution in [2.75, 3.05) is 10.7 Å². The Bertz CT molecular complexity index is 1330. The maximum atomic E-state index is 13.5. The molecule has 0 fully saturated rings. The molecule has 2 N–H and O–H groups in total. The zero-order chi connectivity index (χ0) is 23.0. The molecule has 3 heterocycles. The number of aliphatic imine (C=N–C) groups is 1. The van der Waals surface area contributed by atoms with Crippen LogP contribution in [0.15, 0.2) is 57.3 Å². The lowest BCUT2D eigenvalue weighted by Gasteiger charge is -2.15. The number of amidine groups is 1. The van der Waals surface area contributed by atoms with Gasteiger partial charge < -0.3 is 5.73 Å². The number of thiophene rings is 1. The summed E-state index contributed by atoms with van der Waals surface area (Å²) in [5.41, 5.74) is 7.65. The van der Waals surface area contributed by atoms with Crippen molar-refractivity contribution < 1.29 is 9.59 Å². The molecular weight excluding hydrogens is 446 g/mol. The molecule has 2 aromatic heterocycles. The van der Waals surface area contributed by atoms with Crippen LogP contribution in [-0.2, 0) is 16.6 Å². The topological polar surface area (TPSA) is 103 Å². The van der Waals surface area contributed by atoms with E-state index in [2.05, 4.69) is 4.99 Å². The first-order valence-electron chi connectivity index (χ1n) is 9.73. The number of aryl methyl sites for hydroxylation is 1. The average molecular weight is 468 g/mol. The minimum absolute atomic E-state index is 0.0628. The number of hydrogen-bond donors (Lipinski definition) is 1. The third-order valence-electron chi connectivity index (χ3n) is 5.09. The molecule has 8 nitrogen and oxygen atoms in total. The van der Waals surface area contributed by atoms with Gasteiger partial charge in [0.05, 0.1) is 17.1 Å². The first-order chi connectivity index (χ1) is 15.3. The second-order valence-corrected chi connectivity index (χ2v) is 9.09. The van der Waals surface area contributed by atoms with E-state index in [-0.39, 0.29) is 27.9 Å². The van der Waals surface area contributed by atoms with Crippen LogP contribution in [0.4, 0.5) is 5.69 Å². The zero-order valence-corrected chi connectivity index (χ0v) is 19.4. The van der Waals surface area contributed by atoms with Gasteiger partial charge in [0.25, 0.3) is 11.5 Å². The molecule has 0 saturated heterocycles. The van der Waals surface area contributed by atoms with E-state index < -0.39 is 11.8 Å². The summed E-state index contributed by atoms with van der Waals surface area (Å²) in [5, 5.41) is 2.19. The molecule has 0 spiro atoms. The van der Waals surface area contributed by atoms with Gasteiger partial charge in [0.1, 0.15) is 11.4 Å². The van der Waals surface area contributed by atoms with Gasteiger partial charge in [-0.2, -0.15) is 0 Å². The Labute approximate surface area is 192 Å². The van der Waals surface area contributed by atoms with Crippen LogP contribution >= 0.6 is 23.1 Å². The number of primary amides is 1. The maximum absolute atomic E-state index is 13.5. The molecule has 1 aliphatic heterocycles. The Morgan fingerprint density at radius 3 is 2.53 bits per heavy atom. The number of amides is 2. The summed E-state index contributed by atoms with van der Waals surface area (Å²) in [7, 11) is 1.76. The van der Waals surface area contributed by atoms with Gasteiger partial charge in [0, 0.05) is 11.9 Å². The first-order valence-corrected chi connectivity index (χ1v) is 11.6. The van der Waals surface area contributed by atoms with E-state index in [4.69, 9.17) is 5.73 Å². The summed E-state index contributed by atoms with van der Waals surface area (Å²) in [5.74, 6) is -1.02. The van der Waals surface area contributed by atoms with E-state index in [1.165, 1.54) is 20.9 Å². The van der Waals surface area contributed by atoms with Crippen molar-refractivity contribution >= 4 is 51.8 Å². The lowest BCUT2D eigenvalue weighted by molar-refractivity contribution is -0.115. The molecule has 4 rings (SSSR count). The highest BCUT2D eigenvalue weighted by molar-refractivity contribution is 8.14. The van der Waals surface area contributed by atoms with Crippen molar-refractivity contribution in [3.05, 3.63) is 74.0 Å². The number of anilines is 1. The van der Waals surface area contributed by atoms with Gasteiger partial charge in [0.15, 0.2) is 5.17 Å². The van der Waals surface area contributed by atoms with E-state index in [9.17, 15) is 14.4 Å². The molecule has 2 amide bonds. The van der Waals surface area contributed by atoms with Crippen LogP contribution in [0.2, 0.25) is 0 Å². The predicted molar refractivity (Wildman–Crippen MR) is 129 cm³/mol. The Morgan fingerprint density at radius 1 is 1.19 bits per heavy atom. The largest absolute Gasteiger partial charge is 0.369 e. The second-order valence-electron chi connectivity index (χ2n) is 7.20. The zero-order valence-electron chi connectivity index (χ0n) is 17.7. The fraction of sp³-hybridized carbons (Fsp3) is 0.182. The second kappa shape index (κ2) is 8.64. The van der Waals surface area contributed by atoms with E-state index >= 15 is 0 Å². The number of nitrogens with zero attached hydrogens (tertiary/aromatic N) is 4. The van der Waals surface area contributed by atoms with Crippen LogP contribution < -0.4 is 16.2 Å². The molecule has 10 heteroatoms. The van der Waals surface area contributed by atoms with Gasteiger partial charge in [-0.3, -0.25) is 19.1 Å². The summed E-state index contributed by atoms with van der Waals surface area (Å²) < 4.78 is 3.20. The number of rotatable bonds is 5. The molecule has 0 saturated carbocycles. The number of carbonyl (C=O) groups excluding carboxylic acids is 2. The molecule has 0 unspecified atom stereocenters. The smallest absolute Gasteiger partial charge is 0.296 e. The Kier molecular flexibility index (Phi) is 5.90. The SMILES string of the molecule is Cc1ccsc1/C=C1\N=C(SCC(N)=O)N(c2c(C)n(C)n(-c3ccccc3)c2=O)C1=O. The van der Waals surface area contributed by atoms with Gasteiger partial charge in [-0.05, 0) is 49.1 Å². The van der Waals surface area contributed by atoms with Crippen LogP contribution in [0, 0.1) is 13.8 Å². The molecule has 0 atom stereocenters. The third-order valence-corrected chi connectivity index (χ3v) is 7.02. The fourth-order valence-corrected chi connectivity index (χ4v) is 4.98. The average Bonchev–Trinajstić information content (AvgIpc) is 3.37. The summed E-state index contributed by atoms with van der Waals surface area (Å²) in [6.07, 6.45) is 1.71. The highest BCUT2D eigenvalue weighted by Gasteiger charge is 2.37. The predicted octanol–water partition coefficient (Wildman–Crippen LogP) is 2.82. The van der Waals surface area contributed by atoms with Crippen molar-refractivity contribution in [3.63, 3.8) is 0 Å². The van der Waals surface area contributed by atoms with Crippen molar-refractivity contribution in [3.8, 4) is 5.69 Å². The number of carbonyl (C=O) groups is 2. The quantitative estimate of drug-likeness (QED) is 0.583. The molecule has 3 aromatic rings. The summed E-state index contributed by atoms with van der Waals surface area (Å²) >= 11 is 2.53. The molecule has 0 aliphatic carbocycles. The van der Waals surface area contributed by atoms with E-state index in [1.807, 2.05) is 48.7 Å². The highest BCUT2D eigenvalue weighted by atomic mass is 32.2. The Hall–Kier alpha value is -3.37. The normalized spacial score (nSPS) is 15.0. The van der Waals surface area contributed by atoms with E-state index in [1.54, 1.807) is 24.7 Å². The molecular formula is C22H21N5O3S2. The number of hydrogen-bond acceptors (Lipinski definition) is 6. The molecule has 1 aromatic carbocycles. The van der Waals surface area contributed by atoms with Crippen LogP contribution in [0.25, 0.3) is 11.8 Å². The molecule has 0 radical (unpaired) electrons. The van der Waals surface area contributed by atoms with Crippen molar-refractivity contribution in [2.45, 2.75) is 13.8 Å². The van der Waals surface area contributed by atoms with Crippen molar-refractivity contribution in [1.29, 1.82) is 0 Å². The highest BCUT2D eigenvalue weighted by Crippen LogP contribution is 2.31. The van der Waals surface area contributed by atoms with Gasteiger partial charge in [-0.15, -0.1) is 11.3 Å². The number of benzene rings is 1. The van der Waals surface area contributed by atoms with Crippen LogP contribution in [-0.4, -0.2) is 32.1 Å². The first kappa shape index (κ1) is 21.8. The lowest BCUT2D eigenvalue weighted by atomic mass is 10.2. The maximum Gasteiger partial charge on any atom is 0.296 e. The van der Waals surface area contributed by atoms with Gasteiger partial charge in [-0.1, -0.05) is 30.0 Å². The summed E-state index contributed by atoms with van der Waals surface area (Å²) in [6.45, 7) is 3.72. The third kappa shape index (κ3) is 3.82. The monoisotopic (exact) mass is 467 g/mol. The Morgan fingerprint density at radius 2 is 1.91 bits per heavy atom. The minimum atomic E-state index is -0.539. The van der Waals surface area contributed by atoms with Gasteiger partial charge in [-0.25, -0.2) is 14.6 Å². The minimum Gasteiger partial charge on any atom is -0.369 e. The Balaban J connectivity index is 1.85. The van der Waals surface area contributed by atoms with E-state index in [0.29, 0.717) is 11.4 Å². The number of para-hydroxylation sites is 1. The van der Waals surface area contributed by atoms with Crippen LogP contribution in [0.3, 0.4) is 0 Å². The lowest BCUT2D eigenvalue weighted by Crippen LogP contribution is -2.35. The van der Waals surface area contributed by atoms with Crippen LogP contribution in [0.1, 0.15) is 16.1 Å². The standard InChI is InChI=1S/C22H21N5O3S2/c1-13-9-10-31-17(13)11-16-20(29)26(22(24-16)32-12-18(23)28)19-14(2)25(3)27(21(19)30)15-7-5-4-6-8-15/h4-11H,12H2,1-3H3,(H2,23,28)/b16-11-. The van der Waals surface area contributed by atoms with Crippen molar-refractivity contribution in [1.82, 2.24) is 9.36 Å². The summed E-state index contributed by atoms with van der Waals surface area (Å²) in [6, 6.07) is 11.1. The summed E-state index contributed by atoms with van der Waals surface area (Å²) in [4.78, 5) is 45.0. The van der Waals surface area contributed by atoms with Gasteiger partial charge in [0.2, 0.25) is 5.91 Å². The molecule has 0 bridgehead atoms. The fourth-order valence-electron chi connectivity index (χ4n) is 3.39. The van der Waals surface area contributed by atoms with Crippen molar-refractivity contribution in [2.24, 2.45) is 17.8 Å².